The summed E-state index contributed by atoms with van der Waals surface area (Å²) in [6.45, 7) is 0. The van der Waals surface area contributed by atoms with Crippen molar-refractivity contribution in [2.75, 3.05) is 0 Å². The first kappa shape index (κ1) is 9.01. The molecule has 3 rings (SSSR count). The molecule has 0 radical (unpaired) electrons. The molecule has 3 unspecified atom stereocenters. The lowest BCUT2D eigenvalue weighted by Gasteiger charge is -2.21. The standard InChI is InChI=1S/C12H15NO2/c14-12(15)11-9(3-4-13-11)10-6-7-1-2-8(10)5-7/h3-4,7-8,10,13H,1-2,5-6H2,(H,14,15). The second kappa shape index (κ2) is 3.12. The number of carboxylic acids is 1. The van der Waals surface area contributed by atoms with Gasteiger partial charge in [-0.2, -0.15) is 0 Å². The van der Waals surface area contributed by atoms with E-state index in [1.54, 1.807) is 6.20 Å². The van der Waals surface area contributed by atoms with E-state index in [2.05, 4.69) is 4.98 Å². The fraction of sp³-hybridized carbons (Fsp3) is 0.583. The van der Waals surface area contributed by atoms with E-state index in [1.807, 2.05) is 6.07 Å². The van der Waals surface area contributed by atoms with E-state index < -0.39 is 5.97 Å². The zero-order valence-corrected chi connectivity index (χ0v) is 8.57. The molecule has 0 aliphatic heterocycles. The first-order valence-electron chi connectivity index (χ1n) is 5.66. The van der Waals surface area contributed by atoms with Crippen molar-refractivity contribution in [1.82, 2.24) is 4.98 Å². The number of hydrogen-bond donors (Lipinski definition) is 2. The Morgan fingerprint density at radius 2 is 2.27 bits per heavy atom. The van der Waals surface area contributed by atoms with Crippen LogP contribution in [0.15, 0.2) is 12.3 Å². The third-order valence-electron chi connectivity index (χ3n) is 4.13. The molecule has 0 aromatic carbocycles. The molecule has 80 valence electrons. The van der Waals surface area contributed by atoms with Crippen LogP contribution in [0.4, 0.5) is 0 Å². The largest absolute Gasteiger partial charge is 0.477 e. The van der Waals surface area contributed by atoms with Crippen molar-refractivity contribution >= 4 is 5.97 Å². The fourth-order valence-electron chi connectivity index (χ4n) is 3.50. The van der Waals surface area contributed by atoms with E-state index in [4.69, 9.17) is 5.11 Å². The van der Waals surface area contributed by atoms with Crippen LogP contribution < -0.4 is 0 Å². The number of nitrogens with one attached hydrogen (secondary N) is 1. The minimum atomic E-state index is -0.822. The maximum Gasteiger partial charge on any atom is 0.352 e. The van der Waals surface area contributed by atoms with Crippen LogP contribution in [-0.2, 0) is 0 Å². The Hall–Kier alpha value is -1.25. The first-order chi connectivity index (χ1) is 7.25. The first-order valence-corrected chi connectivity index (χ1v) is 5.66. The van der Waals surface area contributed by atoms with Crippen molar-refractivity contribution in [1.29, 1.82) is 0 Å². The number of rotatable bonds is 2. The van der Waals surface area contributed by atoms with E-state index in [-0.39, 0.29) is 0 Å². The Morgan fingerprint density at radius 3 is 2.87 bits per heavy atom. The van der Waals surface area contributed by atoms with Gasteiger partial charge in [-0.25, -0.2) is 4.79 Å². The summed E-state index contributed by atoms with van der Waals surface area (Å²) >= 11 is 0. The van der Waals surface area contributed by atoms with Gasteiger partial charge in [0.15, 0.2) is 0 Å². The number of H-pyrrole nitrogens is 1. The van der Waals surface area contributed by atoms with Crippen molar-refractivity contribution in [2.45, 2.75) is 31.6 Å². The smallest absolute Gasteiger partial charge is 0.352 e. The van der Waals surface area contributed by atoms with Crippen molar-refractivity contribution in [3.8, 4) is 0 Å². The number of carboxylic acid groups (broad SMARTS) is 1. The average molecular weight is 205 g/mol. The molecule has 0 amide bonds. The van der Waals surface area contributed by atoms with Gasteiger partial charge in [0.1, 0.15) is 5.69 Å². The topological polar surface area (TPSA) is 53.1 Å². The Kier molecular flexibility index (Phi) is 1.87. The van der Waals surface area contributed by atoms with Crippen LogP contribution in [0.5, 0.6) is 0 Å². The molecule has 3 atom stereocenters. The number of hydrogen-bond acceptors (Lipinski definition) is 1. The molecule has 0 saturated heterocycles. The number of aromatic nitrogens is 1. The van der Waals surface area contributed by atoms with Crippen molar-refractivity contribution in [3.05, 3.63) is 23.5 Å². The summed E-state index contributed by atoms with van der Waals surface area (Å²) in [5.74, 6) is 1.28. The summed E-state index contributed by atoms with van der Waals surface area (Å²) in [4.78, 5) is 13.9. The van der Waals surface area contributed by atoms with Gasteiger partial charge in [0.25, 0.3) is 0 Å². The summed E-state index contributed by atoms with van der Waals surface area (Å²) in [7, 11) is 0. The van der Waals surface area contributed by atoms with E-state index in [0.717, 1.165) is 17.4 Å². The van der Waals surface area contributed by atoms with Crippen molar-refractivity contribution < 1.29 is 9.90 Å². The van der Waals surface area contributed by atoms with Gasteiger partial charge in [-0.3, -0.25) is 0 Å². The number of aromatic amines is 1. The average Bonchev–Trinajstić information content (AvgIpc) is 2.92. The molecule has 2 N–H and O–H groups in total. The van der Waals surface area contributed by atoms with Gasteiger partial charge in [0.05, 0.1) is 0 Å². The molecule has 1 aromatic heterocycles. The number of carbonyl (C=O) groups is 1. The van der Waals surface area contributed by atoms with Crippen LogP contribution >= 0.6 is 0 Å². The predicted molar refractivity (Wildman–Crippen MR) is 55.9 cm³/mol. The van der Waals surface area contributed by atoms with E-state index in [9.17, 15) is 4.79 Å². The summed E-state index contributed by atoms with van der Waals surface area (Å²) in [6, 6.07) is 1.95. The summed E-state index contributed by atoms with van der Waals surface area (Å²) in [6.07, 6.45) is 6.91. The number of aromatic carboxylic acids is 1. The van der Waals surface area contributed by atoms with Crippen LogP contribution in [-0.4, -0.2) is 16.1 Å². The Balaban J connectivity index is 1.93. The lowest BCUT2D eigenvalue weighted by molar-refractivity contribution is 0.0689. The second-order valence-corrected chi connectivity index (χ2v) is 4.89. The molecule has 1 heterocycles. The van der Waals surface area contributed by atoms with Crippen LogP contribution in [0.25, 0.3) is 0 Å². The molecule has 3 nitrogen and oxygen atoms in total. The maximum absolute atomic E-state index is 11.0. The summed E-state index contributed by atoms with van der Waals surface area (Å²) in [5.41, 5.74) is 1.45. The van der Waals surface area contributed by atoms with Gasteiger partial charge in [0.2, 0.25) is 0 Å². The minimum Gasteiger partial charge on any atom is -0.477 e. The SMILES string of the molecule is O=C(O)c1[nH]ccc1C1CC2CCC1C2. The zero-order valence-electron chi connectivity index (χ0n) is 8.57. The highest BCUT2D eigenvalue weighted by molar-refractivity contribution is 5.87. The Labute approximate surface area is 88.5 Å². The Morgan fingerprint density at radius 1 is 1.40 bits per heavy atom. The summed E-state index contributed by atoms with van der Waals surface area (Å²) in [5, 5.41) is 9.05. The van der Waals surface area contributed by atoms with Gasteiger partial charge in [-0.1, -0.05) is 6.42 Å². The van der Waals surface area contributed by atoms with E-state index in [1.165, 1.54) is 25.7 Å². The molecule has 2 saturated carbocycles. The highest BCUT2D eigenvalue weighted by Crippen LogP contribution is 2.53. The molecular formula is C12H15NO2. The monoisotopic (exact) mass is 205 g/mol. The second-order valence-electron chi connectivity index (χ2n) is 4.89. The van der Waals surface area contributed by atoms with Crippen LogP contribution in [0.2, 0.25) is 0 Å². The van der Waals surface area contributed by atoms with Gasteiger partial charge < -0.3 is 10.1 Å². The lowest BCUT2D eigenvalue weighted by atomic mass is 9.83. The van der Waals surface area contributed by atoms with Crippen molar-refractivity contribution in [2.24, 2.45) is 11.8 Å². The summed E-state index contributed by atoms with van der Waals surface area (Å²) < 4.78 is 0. The molecule has 2 aliphatic rings. The van der Waals surface area contributed by atoms with Gasteiger partial charge in [-0.15, -0.1) is 0 Å². The molecule has 2 aliphatic carbocycles. The zero-order chi connectivity index (χ0) is 10.4. The molecule has 2 bridgehead atoms. The van der Waals surface area contributed by atoms with Crippen LogP contribution in [0.3, 0.4) is 0 Å². The molecule has 0 spiro atoms. The van der Waals surface area contributed by atoms with Crippen molar-refractivity contribution in [3.63, 3.8) is 0 Å². The third kappa shape index (κ3) is 1.29. The molecule has 3 heteroatoms. The quantitative estimate of drug-likeness (QED) is 0.779. The fourth-order valence-corrected chi connectivity index (χ4v) is 3.50. The highest BCUT2D eigenvalue weighted by Gasteiger charge is 2.41. The number of fused-ring (bicyclic) bond motifs is 2. The van der Waals surface area contributed by atoms with Gasteiger partial charge >= 0.3 is 5.97 Å². The molecule has 1 aromatic rings. The van der Waals surface area contributed by atoms with Crippen LogP contribution in [0.1, 0.15) is 47.7 Å². The normalized spacial score (nSPS) is 33.5. The third-order valence-corrected chi connectivity index (χ3v) is 4.13. The highest BCUT2D eigenvalue weighted by atomic mass is 16.4. The van der Waals surface area contributed by atoms with E-state index >= 15 is 0 Å². The minimum absolute atomic E-state index is 0.410. The Bertz CT molecular complexity index is 396. The molecule has 15 heavy (non-hydrogen) atoms. The lowest BCUT2D eigenvalue weighted by Crippen LogP contribution is -2.12. The van der Waals surface area contributed by atoms with Gasteiger partial charge in [0, 0.05) is 6.20 Å². The van der Waals surface area contributed by atoms with Gasteiger partial charge in [-0.05, 0) is 48.6 Å². The molecule has 2 fully saturated rings. The molecular weight excluding hydrogens is 190 g/mol. The van der Waals surface area contributed by atoms with E-state index in [0.29, 0.717) is 11.6 Å². The van der Waals surface area contributed by atoms with Crippen LogP contribution in [0, 0.1) is 11.8 Å². The maximum atomic E-state index is 11.0. The predicted octanol–water partition coefficient (Wildman–Crippen LogP) is 2.62.